The van der Waals surface area contributed by atoms with E-state index in [9.17, 15) is 24.3 Å². The smallest absolute Gasteiger partial charge is 0.326 e. The quantitative estimate of drug-likeness (QED) is 0.724. The summed E-state index contributed by atoms with van der Waals surface area (Å²) in [5.41, 5.74) is -0.749. The second kappa shape index (κ2) is 6.80. The fourth-order valence-electron chi connectivity index (χ4n) is 4.68. The molecule has 3 aliphatic rings. The molecule has 4 amide bonds. The van der Waals surface area contributed by atoms with E-state index in [4.69, 9.17) is 0 Å². The van der Waals surface area contributed by atoms with Gasteiger partial charge in [-0.25, -0.2) is 9.59 Å². The molecule has 2 aliphatic heterocycles. The van der Waals surface area contributed by atoms with E-state index in [1.807, 2.05) is 0 Å². The number of aliphatic carboxylic acids is 1. The van der Waals surface area contributed by atoms with Crippen molar-refractivity contribution in [3.05, 3.63) is 0 Å². The first-order chi connectivity index (χ1) is 12.5. The highest BCUT2D eigenvalue weighted by Crippen LogP contribution is 2.43. The zero-order chi connectivity index (χ0) is 20.0. The molecule has 0 radical (unpaired) electrons. The van der Waals surface area contributed by atoms with E-state index in [-0.39, 0.29) is 17.9 Å². The number of rotatable bonds is 3. The Balaban J connectivity index is 1.67. The number of carbonyl (C=O) groups is 4. The molecule has 0 aromatic heterocycles. The van der Waals surface area contributed by atoms with Crippen LogP contribution in [0.15, 0.2) is 0 Å². The maximum absolute atomic E-state index is 13.0. The molecule has 1 atom stereocenters. The second-order valence-electron chi connectivity index (χ2n) is 9.13. The Kier molecular flexibility index (Phi) is 4.94. The fourth-order valence-corrected chi connectivity index (χ4v) is 4.68. The SMILES string of the molecule is CC(C)(C)C1CCC2(CC1)NC(=O)N(CC(=O)N1CCCC1C(=O)O)C2=O. The number of imide groups is 1. The molecule has 1 aliphatic carbocycles. The summed E-state index contributed by atoms with van der Waals surface area (Å²) in [6, 6.07) is -1.41. The predicted molar refractivity (Wildman–Crippen MR) is 96.8 cm³/mol. The number of hydrogen-bond donors (Lipinski definition) is 2. The molecule has 27 heavy (non-hydrogen) atoms. The van der Waals surface area contributed by atoms with E-state index in [2.05, 4.69) is 26.1 Å². The van der Waals surface area contributed by atoms with Crippen LogP contribution < -0.4 is 5.32 Å². The van der Waals surface area contributed by atoms with Gasteiger partial charge in [-0.15, -0.1) is 0 Å². The Labute approximate surface area is 159 Å². The number of carbonyl (C=O) groups excluding carboxylic acids is 3. The molecule has 0 aromatic carbocycles. The van der Waals surface area contributed by atoms with Crippen molar-refractivity contribution in [3.8, 4) is 0 Å². The van der Waals surface area contributed by atoms with Gasteiger partial charge < -0.3 is 15.3 Å². The summed E-state index contributed by atoms with van der Waals surface area (Å²) in [6.45, 7) is 6.51. The van der Waals surface area contributed by atoms with E-state index < -0.39 is 29.5 Å². The average molecular weight is 379 g/mol. The normalized spacial score (nSPS) is 31.5. The highest BCUT2D eigenvalue weighted by atomic mass is 16.4. The van der Waals surface area contributed by atoms with Crippen molar-refractivity contribution in [3.63, 3.8) is 0 Å². The first-order valence-electron chi connectivity index (χ1n) is 9.71. The Morgan fingerprint density at radius 2 is 1.81 bits per heavy atom. The maximum atomic E-state index is 13.0. The topological polar surface area (TPSA) is 107 Å². The molecule has 0 aromatic rings. The van der Waals surface area contributed by atoms with Crippen molar-refractivity contribution in [2.24, 2.45) is 11.3 Å². The largest absolute Gasteiger partial charge is 0.480 e. The van der Waals surface area contributed by atoms with E-state index in [1.54, 1.807) is 0 Å². The van der Waals surface area contributed by atoms with Gasteiger partial charge in [-0.3, -0.25) is 14.5 Å². The zero-order valence-corrected chi connectivity index (χ0v) is 16.3. The summed E-state index contributed by atoms with van der Waals surface area (Å²) in [5.74, 6) is -1.39. The predicted octanol–water partition coefficient (Wildman–Crippen LogP) is 1.59. The molecule has 0 bridgehead atoms. The third-order valence-electron chi connectivity index (χ3n) is 6.46. The number of nitrogens with zero attached hydrogens (tertiary/aromatic N) is 2. The first-order valence-corrected chi connectivity index (χ1v) is 9.71. The molecule has 2 N–H and O–H groups in total. The lowest BCUT2D eigenvalue weighted by Gasteiger charge is -2.40. The standard InChI is InChI=1S/C19H29N3O5/c1-18(2,3)12-6-8-19(9-7-12)16(26)22(17(27)20-19)11-14(23)21-10-4-5-13(21)15(24)25/h12-13H,4-11H2,1-3H3,(H,20,27)(H,24,25). The molecular formula is C19H29N3O5. The summed E-state index contributed by atoms with van der Waals surface area (Å²) in [6.07, 6.45) is 3.87. The van der Waals surface area contributed by atoms with E-state index in [0.29, 0.717) is 38.1 Å². The summed E-state index contributed by atoms with van der Waals surface area (Å²) in [7, 11) is 0. The number of carboxylic acids is 1. The van der Waals surface area contributed by atoms with Gasteiger partial charge in [-0.1, -0.05) is 20.8 Å². The Morgan fingerprint density at radius 1 is 1.19 bits per heavy atom. The van der Waals surface area contributed by atoms with Crippen LogP contribution in [0.5, 0.6) is 0 Å². The molecule has 2 saturated heterocycles. The van der Waals surface area contributed by atoms with Gasteiger partial charge in [-0.05, 0) is 49.9 Å². The van der Waals surface area contributed by atoms with Crippen molar-refractivity contribution in [2.75, 3.05) is 13.1 Å². The average Bonchev–Trinajstić information content (AvgIpc) is 3.15. The van der Waals surface area contributed by atoms with E-state index in [1.165, 1.54) is 4.90 Å². The minimum atomic E-state index is -1.05. The van der Waals surface area contributed by atoms with Gasteiger partial charge in [0, 0.05) is 6.54 Å². The summed E-state index contributed by atoms with van der Waals surface area (Å²) < 4.78 is 0. The Bertz CT molecular complexity index is 661. The maximum Gasteiger partial charge on any atom is 0.326 e. The third-order valence-corrected chi connectivity index (χ3v) is 6.46. The van der Waals surface area contributed by atoms with E-state index >= 15 is 0 Å². The van der Waals surface area contributed by atoms with Crippen LogP contribution in [0.25, 0.3) is 0 Å². The second-order valence-corrected chi connectivity index (χ2v) is 9.13. The van der Waals surface area contributed by atoms with Crippen LogP contribution in [0, 0.1) is 11.3 Å². The van der Waals surface area contributed by atoms with Crippen LogP contribution in [0.1, 0.15) is 59.3 Å². The lowest BCUT2D eigenvalue weighted by molar-refractivity contribution is -0.149. The highest BCUT2D eigenvalue weighted by Gasteiger charge is 2.54. The Morgan fingerprint density at radius 3 is 2.37 bits per heavy atom. The number of nitrogens with one attached hydrogen (secondary N) is 1. The minimum absolute atomic E-state index is 0.157. The number of carboxylic acid groups (broad SMARTS) is 1. The summed E-state index contributed by atoms with van der Waals surface area (Å²) >= 11 is 0. The van der Waals surface area contributed by atoms with Gasteiger partial charge in [0.25, 0.3) is 5.91 Å². The molecule has 1 saturated carbocycles. The van der Waals surface area contributed by atoms with Crippen molar-refractivity contribution in [1.82, 2.24) is 15.1 Å². The molecule has 3 rings (SSSR count). The minimum Gasteiger partial charge on any atom is -0.480 e. The van der Waals surface area contributed by atoms with Crippen LogP contribution in [0.3, 0.4) is 0 Å². The Hall–Kier alpha value is -2.12. The lowest BCUT2D eigenvalue weighted by atomic mass is 9.67. The third kappa shape index (κ3) is 3.53. The summed E-state index contributed by atoms with van der Waals surface area (Å²) in [5, 5.41) is 12.1. The van der Waals surface area contributed by atoms with Crippen LogP contribution in [-0.2, 0) is 14.4 Å². The molecule has 8 nitrogen and oxygen atoms in total. The van der Waals surface area contributed by atoms with Crippen LogP contribution in [-0.4, -0.2) is 63.4 Å². The first kappa shape index (κ1) is 19.6. The van der Waals surface area contributed by atoms with Gasteiger partial charge in [0.1, 0.15) is 18.1 Å². The fraction of sp³-hybridized carbons (Fsp3) is 0.789. The van der Waals surface area contributed by atoms with E-state index in [0.717, 1.165) is 17.7 Å². The van der Waals surface area contributed by atoms with Gasteiger partial charge in [-0.2, -0.15) is 0 Å². The van der Waals surface area contributed by atoms with Gasteiger partial charge in [0.05, 0.1) is 0 Å². The molecule has 8 heteroatoms. The molecule has 150 valence electrons. The number of urea groups is 1. The van der Waals surface area contributed by atoms with Crippen molar-refractivity contribution in [2.45, 2.75) is 70.9 Å². The van der Waals surface area contributed by atoms with Gasteiger partial charge in [0.15, 0.2) is 0 Å². The van der Waals surface area contributed by atoms with Crippen molar-refractivity contribution in [1.29, 1.82) is 0 Å². The summed E-state index contributed by atoms with van der Waals surface area (Å²) in [4.78, 5) is 51.5. The lowest BCUT2D eigenvalue weighted by Crippen LogP contribution is -2.51. The molecule has 1 spiro atoms. The molecular weight excluding hydrogens is 350 g/mol. The number of amides is 4. The van der Waals surface area contributed by atoms with Crippen molar-refractivity contribution >= 4 is 23.8 Å². The zero-order valence-electron chi connectivity index (χ0n) is 16.3. The molecule has 2 heterocycles. The van der Waals surface area contributed by atoms with Gasteiger partial charge >= 0.3 is 12.0 Å². The monoisotopic (exact) mass is 379 g/mol. The highest BCUT2D eigenvalue weighted by molar-refractivity contribution is 6.09. The van der Waals surface area contributed by atoms with Gasteiger partial charge in [0.2, 0.25) is 5.91 Å². The number of likely N-dealkylation sites (tertiary alicyclic amines) is 1. The van der Waals surface area contributed by atoms with Crippen LogP contribution in [0.4, 0.5) is 4.79 Å². The van der Waals surface area contributed by atoms with Crippen molar-refractivity contribution < 1.29 is 24.3 Å². The van der Waals surface area contributed by atoms with Crippen LogP contribution >= 0.6 is 0 Å². The molecule has 3 fully saturated rings. The van der Waals surface area contributed by atoms with Crippen LogP contribution in [0.2, 0.25) is 0 Å². The molecule has 1 unspecified atom stereocenters. The number of hydrogen-bond acceptors (Lipinski definition) is 4.